The van der Waals surface area contributed by atoms with Gasteiger partial charge in [-0.3, -0.25) is 0 Å². The lowest BCUT2D eigenvalue weighted by Gasteiger charge is -2.21. The Morgan fingerprint density at radius 2 is 1.24 bits per heavy atom. The van der Waals surface area contributed by atoms with Crippen molar-refractivity contribution in [3.63, 3.8) is 0 Å². The molecule has 0 aliphatic rings. The van der Waals surface area contributed by atoms with Crippen molar-refractivity contribution in [3.8, 4) is 0 Å². The van der Waals surface area contributed by atoms with E-state index in [1.165, 1.54) is 16.2 Å². The molecule has 3 aromatic rings. The summed E-state index contributed by atoms with van der Waals surface area (Å²) >= 11 is 1.89. The first-order chi connectivity index (χ1) is 12.4. The fraction of sp³-hybridized carbons (Fsp3) is 0.182. The minimum Gasteiger partial charge on any atom is -0.350 e. The quantitative estimate of drug-likeness (QED) is 0.484. The normalized spacial score (nSPS) is 12.2. The highest BCUT2D eigenvalue weighted by Gasteiger charge is 2.16. The molecule has 1 nitrogen and oxygen atoms in total. The third-order valence-electron chi connectivity index (χ3n) is 4.04. The Morgan fingerprint density at radius 3 is 1.72 bits per heavy atom. The molecule has 3 rings (SSSR count). The maximum Gasteiger partial charge on any atom is 0.0917 e. The van der Waals surface area contributed by atoms with Crippen LogP contribution in [0.3, 0.4) is 0 Å². The molecule has 3 aromatic carbocycles. The zero-order valence-electron chi connectivity index (χ0n) is 14.4. The van der Waals surface area contributed by atoms with Crippen LogP contribution in [0.1, 0.15) is 17.2 Å². The maximum absolute atomic E-state index is 6.42. The fourth-order valence-electron chi connectivity index (χ4n) is 2.76. The molecule has 0 fully saturated rings. The molecule has 0 saturated heterocycles. The van der Waals surface area contributed by atoms with Gasteiger partial charge >= 0.3 is 0 Å². The van der Waals surface area contributed by atoms with E-state index in [1.807, 2.05) is 11.8 Å². The van der Waals surface area contributed by atoms with Crippen LogP contribution in [0.4, 0.5) is 0 Å². The summed E-state index contributed by atoms with van der Waals surface area (Å²) in [6, 6.07) is 31.9. The van der Waals surface area contributed by atoms with Gasteiger partial charge in [0.15, 0.2) is 0 Å². The molecule has 3 heteroatoms. The van der Waals surface area contributed by atoms with Crippen molar-refractivity contribution in [2.75, 3.05) is 12.9 Å². The number of thioether (sulfide) groups is 1. The van der Waals surface area contributed by atoms with Crippen LogP contribution in [-0.2, 0) is 4.52 Å². The Labute approximate surface area is 156 Å². The summed E-state index contributed by atoms with van der Waals surface area (Å²) in [5, 5.41) is 3.01. The van der Waals surface area contributed by atoms with Crippen molar-refractivity contribution in [1.29, 1.82) is 0 Å². The van der Waals surface area contributed by atoms with Crippen LogP contribution >= 0.6 is 19.9 Å². The van der Waals surface area contributed by atoms with Crippen LogP contribution in [0.15, 0.2) is 91.0 Å². The van der Waals surface area contributed by atoms with Gasteiger partial charge in [-0.15, -0.1) is 0 Å². The predicted molar refractivity (Wildman–Crippen MR) is 112 cm³/mol. The number of hydrogen-bond acceptors (Lipinski definition) is 2. The monoisotopic (exact) mass is 366 g/mol. The highest BCUT2D eigenvalue weighted by molar-refractivity contribution is 7.98. The molecule has 0 spiro atoms. The number of hydrogen-bond donors (Lipinski definition) is 0. The summed E-state index contributed by atoms with van der Waals surface area (Å²) in [5.74, 6) is 0. The molecule has 128 valence electrons. The highest BCUT2D eigenvalue weighted by atomic mass is 32.2. The van der Waals surface area contributed by atoms with E-state index < -0.39 is 8.15 Å². The predicted octanol–water partition coefficient (Wildman–Crippen LogP) is 5.55. The van der Waals surface area contributed by atoms with Crippen molar-refractivity contribution < 1.29 is 4.52 Å². The SMILES string of the molecule is CSC(CCOP(c1ccccc1)c1ccccc1)c1ccccc1. The summed E-state index contributed by atoms with van der Waals surface area (Å²) < 4.78 is 6.42. The van der Waals surface area contributed by atoms with Crippen LogP contribution in [0.25, 0.3) is 0 Å². The second-order valence-corrected chi connectivity index (χ2v) is 8.64. The molecule has 1 atom stereocenters. The van der Waals surface area contributed by atoms with E-state index >= 15 is 0 Å². The largest absolute Gasteiger partial charge is 0.350 e. The lowest BCUT2D eigenvalue weighted by Crippen LogP contribution is -2.14. The minimum absolute atomic E-state index is 0.476. The second-order valence-electron chi connectivity index (χ2n) is 5.72. The Balaban J connectivity index is 1.69. The Hall–Kier alpha value is -1.60. The van der Waals surface area contributed by atoms with Crippen LogP contribution in [0.2, 0.25) is 0 Å². The second kappa shape index (κ2) is 9.77. The van der Waals surface area contributed by atoms with Gasteiger partial charge in [-0.05, 0) is 18.2 Å². The first-order valence-electron chi connectivity index (χ1n) is 8.49. The average molecular weight is 366 g/mol. The topological polar surface area (TPSA) is 9.23 Å². The summed E-state index contributed by atoms with van der Waals surface area (Å²) in [6.07, 6.45) is 3.19. The molecule has 0 aliphatic heterocycles. The molecule has 0 bridgehead atoms. The van der Waals surface area contributed by atoms with Crippen molar-refractivity contribution in [2.24, 2.45) is 0 Å². The number of benzene rings is 3. The van der Waals surface area contributed by atoms with Gasteiger partial charge in [-0.25, -0.2) is 0 Å². The molecule has 0 saturated carbocycles. The van der Waals surface area contributed by atoms with Gasteiger partial charge < -0.3 is 4.52 Å². The number of rotatable bonds is 8. The minimum atomic E-state index is -0.765. The highest BCUT2D eigenvalue weighted by Crippen LogP contribution is 2.37. The zero-order chi connectivity index (χ0) is 17.3. The van der Waals surface area contributed by atoms with Crippen LogP contribution in [0, 0.1) is 0 Å². The summed E-state index contributed by atoms with van der Waals surface area (Å²) in [5.41, 5.74) is 1.38. The summed E-state index contributed by atoms with van der Waals surface area (Å²) in [6.45, 7) is 0.760. The summed E-state index contributed by atoms with van der Waals surface area (Å²) in [4.78, 5) is 0. The van der Waals surface area contributed by atoms with Gasteiger partial charge in [-0.2, -0.15) is 11.8 Å². The van der Waals surface area contributed by atoms with Crippen molar-refractivity contribution in [1.82, 2.24) is 0 Å². The Bertz CT molecular complexity index is 694. The summed E-state index contributed by atoms with van der Waals surface area (Å²) in [7, 11) is -0.765. The Kier molecular flexibility index (Phi) is 7.11. The van der Waals surface area contributed by atoms with Crippen molar-refractivity contribution in [3.05, 3.63) is 96.6 Å². The lowest BCUT2D eigenvalue weighted by molar-refractivity contribution is 0.351. The van der Waals surface area contributed by atoms with E-state index in [2.05, 4.69) is 97.3 Å². The molecule has 0 N–H and O–H groups in total. The lowest BCUT2D eigenvalue weighted by atomic mass is 10.1. The van der Waals surface area contributed by atoms with Gasteiger partial charge in [0.05, 0.1) is 14.8 Å². The van der Waals surface area contributed by atoms with Crippen molar-refractivity contribution >= 4 is 30.5 Å². The molecule has 0 radical (unpaired) electrons. The molecule has 0 heterocycles. The van der Waals surface area contributed by atoms with Crippen molar-refractivity contribution in [2.45, 2.75) is 11.7 Å². The van der Waals surface area contributed by atoms with Gasteiger partial charge in [0.1, 0.15) is 0 Å². The smallest absolute Gasteiger partial charge is 0.0917 e. The van der Waals surface area contributed by atoms with E-state index in [9.17, 15) is 0 Å². The van der Waals surface area contributed by atoms with E-state index in [-0.39, 0.29) is 0 Å². The van der Waals surface area contributed by atoms with E-state index in [0.29, 0.717) is 5.25 Å². The van der Waals surface area contributed by atoms with Gasteiger partial charge in [0.2, 0.25) is 0 Å². The standard InChI is InChI=1S/C22H23OPS/c1-25-22(19-11-5-2-6-12-19)17-18-23-24(20-13-7-3-8-14-20)21-15-9-4-10-16-21/h2-16,22H,17-18H2,1H3. The molecule has 25 heavy (non-hydrogen) atoms. The van der Waals surface area contributed by atoms with Crippen LogP contribution in [-0.4, -0.2) is 12.9 Å². The van der Waals surface area contributed by atoms with E-state index in [1.54, 1.807) is 0 Å². The Morgan fingerprint density at radius 1 is 0.760 bits per heavy atom. The zero-order valence-corrected chi connectivity index (χ0v) is 16.1. The van der Waals surface area contributed by atoms with Gasteiger partial charge in [-0.1, -0.05) is 91.0 Å². The van der Waals surface area contributed by atoms with Crippen LogP contribution in [0.5, 0.6) is 0 Å². The molecule has 0 aromatic heterocycles. The molecule has 1 unspecified atom stereocenters. The van der Waals surface area contributed by atoms with E-state index in [4.69, 9.17) is 4.52 Å². The third-order valence-corrected chi connectivity index (χ3v) is 7.09. The molecular formula is C22H23OPS. The van der Waals surface area contributed by atoms with Gasteiger partial charge in [0, 0.05) is 15.9 Å². The first kappa shape index (κ1) is 18.2. The average Bonchev–Trinajstić information content (AvgIpc) is 2.70. The first-order valence-corrected chi connectivity index (χ1v) is 11.0. The molecule has 0 aliphatic carbocycles. The molecule has 0 amide bonds. The maximum atomic E-state index is 6.42. The molecular weight excluding hydrogens is 343 g/mol. The van der Waals surface area contributed by atoms with Crippen LogP contribution < -0.4 is 10.6 Å². The van der Waals surface area contributed by atoms with Gasteiger partial charge in [0.25, 0.3) is 0 Å². The van der Waals surface area contributed by atoms with E-state index in [0.717, 1.165) is 13.0 Å². The third kappa shape index (κ3) is 5.19. The fourth-order valence-corrected chi connectivity index (χ4v) is 5.30.